The van der Waals surface area contributed by atoms with Crippen molar-refractivity contribution in [1.82, 2.24) is 0 Å². The van der Waals surface area contributed by atoms with Crippen molar-refractivity contribution in [3.8, 4) is 0 Å². The molecule has 1 aromatic carbocycles. The summed E-state index contributed by atoms with van der Waals surface area (Å²) >= 11 is 0. The lowest BCUT2D eigenvalue weighted by Crippen LogP contribution is -2.34. The van der Waals surface area contributed by atoms with Crippen molar-refractivity contribution in [2.45, 2.75) is 19.8 Å². The fraction of sp³-hybridized carbons (Fsp3) is 0.300. The molecule has 1 rings (SSSR count). The molecular weight excluding hydrogens is 179 g/mol. The van der Waals surface area contributed by atoms with Gasteiger partial charge in [0.25, 0.3) is 0 Å². The second kappa shape index (κ2) is 4.93. The van der Waals surface area contributed by atoms with Crippen LogP contribution in [0.5, 0.6) is 0 Å². The van der Waals surface area contributed by atoms with Crippen LogP contribution >= 0.6 is 0 Å². The molecule has 0 heterocycles. The number of hydrogen-bond acceptors (Lipinski definition) is 3. The summed E-state index contributed by atoms with van der Waals surface area (Å²) in [5.41, 5.74) is 0.690. The fourth-order valence-electron chi connectivity index (χ4n) is 1.34. The number of hydrogen-bond donors (Lipinski definition) is 2. The maximum atomic E-state index is 11.5. The van der Waals surface area contributed by atoms with E-state index in [9.17, 15) is 4.79 Å². The Labute approximate surface area is 83.5 Å². The molecule has 0 radical (unpaired) electrons. The molecule has 4 heteroatoms. The number of carbonyl (C=O) groups excluding carboxylic acids is 1. The summed E-state index contributed by atoms with van der Waals surface area (Å²) in [7, 11) is -1.58. The van der Waals surface area contributed by atoms with E-state index in [1.165, 1.54) is 0 Å². The molecule has 74 valence electrons. The van der Waals surface area contributed by atoms with Crippen molar-refractivity contribution in [2.24, 2.45) is 0 Å². The van der Waals surface area contributed by atoms with Crippen LogP contribution in [-0.4, -0.2) is 22.9 Å². The van der Waals surface area contributed by atoms with Crippen LogP contribution < -0.4 is 5.46 Å². The summed E-state index contributed by atoms with van der Waals surface area (Å²) in [5.74, 6) is -0.0452. The lowest BCUT2D eigenvalue weighted by atomic mass is 9.76. The van der Waals surface area contributed by atoms with Crippen molar-refractivity contribution in [2.75, 3.05) is 0 Å². The van der Waals surface area contributed by atoms with Crippen LogP contribution in [-0.2, 0) is 0 Å². The Morgan fingerprint density at radius 2 is 2.00 bits per heavy atom. The van der Waals surface area contributed by atoms with E-state index >= 15 is 0 Å². The zero-order chi connectivity index (χ0) is 10.6. The molecule has 0 aliphatic heterocycles. The van der Waals surface area contributed by atoms with Crippen molar-refractivity contribution in [1.29, 1.82) is 0 Å². The van der Waals surface area contributed by atoms with Gasteiger partial charge in [-0.15, -0.1) is 0 Å². The van der Waals surface area contributed by atoms with Gasteiger partial charge in [-0.25, -0.2) is 0 Å². The largest absolute Gasteiger partial charge is 0.489 e. The predicted octanol–water partition coefficient (Wildman–Crippen LogP) is 0.349. The van der Waals surface area contributed by atoms with Crippen LogP contribution in [0.4, 0.5) is 0 Å². The van der Waals surface area contributed by atoms with Crippen molar-refractivity contribution < 1.29 is 14.8 Å². The molecule has 0 spiro atoms. The van der Waals surface area contributed by atoms with Crippen LogP contribution in [0.3, 0.4) is 0 Å². The molecule has 0 saturated heterocycles. The van der Waals surface area contributed by atoms with E-state index in [-0.39, 0.29) is 11.2 Å². The summed E-state index contributed by atoms with van der Waals surface area (Å²) in [6, 6.07) is 6.56. The highest BCUT2D eigenvalue weighted by atomic mass is 16.4. The molecule has 0 aromatic heterocycles. The molecule has 0 amide bonds. The third-order valence-electron chi connectivity index (χ3n) is 2.02. The van der Waals surface area contributed by atoms with Crippen molar-refractivity contribution >= 4 is 18.4 Å². The molecule has 0 unspecified atom stereocenters. The van der Waals surface area contributed by atoms with Gasteiger partial charge < -0.3 is 10.0 Å². The zero-order valence-corrected chi connectivity index (χ0v) is 8.10. The van der Waals surface area contributed by atoms with Gasteiger partial charge in [0.1, 0.15) is 0 Å². The van der Waals surface area contributed by atoms with Gasteiger partial charge >= 0.3 is 7.12 Å². The van der Waals surface area contributed by atoms with Gasteiger partial charge in [-0.3, -0.25) is 4.79 Å². The minimum absolute atomic E-state index is 0.0452. The van der Waals surface area contributed by atoms with Crippen LogP contribution in [0.2, 0.25) is 0 Å². The average Bonchev–Trinajstić information content (AvgIpc) is 2.18. The highest BCUT2D eigenvalue weighted by Crippen LogP contribution is 2.03. The van der Waals surface area contributed by atoms with Gasteiger partial charge in [-0.2, -0.15) is 0 Å². The second-order valence-corrected chi connectivity index (χ2v) is 3.13. The summed E-state index contributed by atoms with van der Waals surface area (Å²) in [6.45, 7) is 1.91. The molecule has 3 nitrogen and oxygen atoms in total. The highest BCUT2D eigenvalue weighted by Gasteiger charge is 2.18. The summed E-state index contributed by atoms with van der Waals surface area (Å²) in [4.78, 5) is 11.5. The van der Waals surface area contributed by atoms with Crippen LogP contribution in [0.15, 0.2) is 24.3 Å². The van der Waals surface area contributed by atoms with E-state index in [1.54, 1.807) is 24.3 Å². The number of carbonyl (C=O) groups is 1. The molecule has 0 atom stereocenters. The number of Topliss-reactive ketones (excluding diaryl/α,β-unsaturated/α-hetero) is 1. The maximum Gasteiger partial charge on any atom is 0.489 e. The lowest BCUT2D eigenvalue weighted by molar-refractivity contribution is 0.0982. The maximum absolute atomic E-state index is 11.5. The Morgan fingerprint density at radius 3 is 2.57 bits per heavy atom. The van der Waals surface area contributed by atoms with Crippen molar-refractivity contribution in [3.63, 3.8) is 0 Å². The predicted molar refractivity (Wildman–Crippen MR) is 55.5 cm³/mol. The molecule has 2 N–H and O–H groups in total. The van der Waals surface area contributed by atoms with Gasteiger partial charge in [0, 0.05) is 12.0 Å². The topological polar surface area (TPSA) is 57.5 Å². The third kappa shape index (κ3) is 2.43. The Morgan fingerprint density at radius 1 is 1.36 bits per heavy atom. The standard InChI is InChI=1S/C10H13BO3/c1-2-5-10(12)8-6-3-4-7-9(8)11(13)14/h3-4,6-7,13-14H,2,5H2,1H3. The Bertz CT molecular complexity index is 323. The molecule has 0 aliphatic rings. The molecular formula is C10H13BO3. The molecule has 0 saturated carbocycles. The molecule has 14 heavy (non-hydrogen) atoms. The van der Waals surface area contributed by atoms with Gasteiger partial charge in [0.15, 0.2) is 5.78 Å². The quantitative estimate of drug-likeness (QED) is 0.534. The molecule has 0 bridgehead atoms. The van der Waals surface area contributed by atoms with E-state index < -0.39 is 7.12 Å². The normalized spacial score (nSPS) is 9.93. The van der Waals surface area contributed by atoms with Crippen LogP contribution in [0, 0.1) is 0 Å². The Hall–Kier alpha value is -1.13. The van der Waals surface area contributed by atoms with E-state index in [0.29, 0.717) is 12.0 Å². The Kier molecular flexibility index (Phi) is 3.86. The minimum Gasteiger partial charge on any atom is -0.423 e. The second-order valence-electron chi connectivity index (χ2n) is 3.13. The van der Waals surface area contributed by atoms with Crippen LogP contribution in [0.25, 0.3) is 0 Å². The van der Waals surface area contributed by atoms with Gasteiger partial charge in [0.2, 0.25) is 0 Å². The minimum atomic E-state index is -1.58. The third-order valence-corrected chi connectivity index (χ3v) is 2.02. The van der Waals surface area contributed by atoms with Gasteiger partial charge in [0.05, 0.1) is 0 Å². The van der Waals surface area contributed by atoms with E-state index in [2.05, 4.69) is 0 Å². The first kappa shape index (κ1) is 11.0. The first-order valence-corrected chi connectivity index (χ1v) is 4.65. The number of benzene rings is 1. The van der Waals surface area contributed by atoms with Gasteiger partial charge in [-0.1, -0.05) is 31.2 Å². The van der Waals surface area contributed by atoms with E-state index in [4.69, 9.17) is 10.0 Å². The molecule has 1 aromatic rings. The lowest BCUT2D eigenvalue weighted by Gasteiger charge is -2.06. The average molecular weight is 192 g/mol. The molecule has 0 aliphatic carbocycles. The SMILES string of the molecule is CCCC(=O)c1ccccc1B(O)O. The first-order chi connectivity index (χ1) is 6.66. The highest BCUT2D eigenvalue weighted by molar-refractivity contribution is 6.60. The van der Waals surface area contributed by atoms with Gasteiger partial charge in [-0.05, 0) is 11.9 Å². The first-order valence-electron chi connectivity index (χ1n) is 4.65. The van der Waals surface area contributed by atoms with E-state index in [1.807, 2.05) is 6.92 Å². The number of ketones is 1. The Balaban J connectivity index is 3.00. The fourth-order valence-corrected chi connectivity index (χ4v) is 1.34. The summed E-state index contributed by atoms with van der Waals surface area (Å²) < 4.78 is 0. The molecule has 0 fully saturated rings. The zero-order valence-electron chi connectivity index (χ0n) is 8.10. The smallest absolute Gasteiger partial charge is 0.423 e. The summed E-state index contributed by atoms with van der Waals surface area (Å²) in [6.07, 6.45) is 1.19. The van der Waals surface area contributed by atoms with E-state index in [0.717, 1.165) is 6.42 Å². The van der Waals surface area contributed by atoms with Crippen LogP contribution in [0.1, 0.15) is 30.1 Å². The number of rotatable bonds is 4. The monoisotopic (exact) mass is 192 g/mol. The van der Waals surface area contributed by atoms with Crippen molar-refractivity contribution in [3.05, 3.63) is 29.8 Å². The summed E-state index contributed by atoms with van der Waals surface area (Å²) in [5, 5.41) is 18.0.